The van der Waals surface area contributed by atoms with Gasteiger partial charge in [-0.15, -0.1) is 0 Å². The number of rotatable bonds is 5. The second-order valence-corrected chi connectivity index (χ2v) is 5.72. The predicted octanol–water partition coefficient (Wildman–Crippen LogP) is 3.90. The monoisotopic (exact) mass is 265 g/mol. The van der Waals surface area contributed by atoms with Gasteiger partial charge in [0.15, 0.2) is 0 Å². The van der Waals surface area contributed by atoms with Gasteiger partial charge >= 0.3 is 0 Å². The number of hydrogen-bond donors (Lipinski definition) is 1. The second kappa shape index (κ2) is 6.71. The minimum atomic E-state index is 0.986. The van der Waals surface area contributed by atoms with Crippen LogP contribution in [-0.2, 0) is 25.8 Å². The number of aryl methyl sites for hydroxylation is 2. The third-order valence-corrected chi connectivity index (χ3v) is 4.18. The third kappa shape index (κ3) is 3.49. The van der Waals surface area contributed by atoms with E-state index in [4.69, 9.17) is 0 Å². The summed E-state index contributed by atoms with van der Waals surface area (Å²) in [6.07, 6.45) is 6.37. The summed E-state index contributed by atoms with van der Waals surface area (Å²) in [6.45, 7) is 2.03. The molecule has 1 aliphatic rings. The van der Waals surface area contributed by atoms with Crippen LogP contribution in [0.2, 0.25) is 0 Å². The molecule has 1 N–H and O–H groups in total. The summed E-state index contributed by atoms with van der Waals surface area (Å²) in [6, 6.07) is 17.7. The molecule has 2 aromatic rings. The van der Waals surface area contributed by atoms with Crippen molar-refractivity contribution >= 4 is 0 Å². The fourth-order valence-electron chi connectivity index (χ4n) is 3.01. The lowest BCUT2D eigenvalue weighted by Crippen LogP contribution is -2.17. The molecule has 0 unspecified atom stereocenters. The molecule has 1 aliphatic carbocycles. The predicted molar refractivity (Wildman–Crippen MR) is 84.9 cm³/mol. The molecule has 104 valence electrons. The van der Waals surface area contributed by atoms with Gasteiger partial charge in [0.1, 0.15) is 0 Å². The summed E-state index contributed by atoms with van der Waals surface area (Å²) in [5.41, 5.74) is 5.99. The van der Waals surface area contributed by atoms with Crippen molar-refractivity contribution in [2.75, 3.05) is 6.54 Å². The fourth-order valence-corrected chi connectivity index (χ4v) is 3.01. The molecule has 0 spiro atoms. The average molecular weight is 265 g/mol. The SMILES string of the molecule is c1ccc(CCNCc2ccc3c(c2)CCCC3)cc1. The fraction of sp³-hybridized carbons (Fsp3) is 0.368. The van der Waals surface area contributed by atoms with E-state index >= 15 is 0 Å². The lowest BCUT2D eigenvalue weighted by molar-refractivity contribution is 0.670. The van der Waals surface area contributed by atoms with Crippen LogP contribution in [0.25, 0.3) is 0 Å². The summed E-state index contributed by atoms with van der Waals surface area (Å²) in [4.78, 5) is 0. The molecular weight excluding hydrogens is 242 g/mol. The van der Waals surface area contributed by atoms with Gasteiger partial charge in [-0.25, -0.2) is 0 Å². The molecule has 1 heteroatoms. The Morgan fingerprint density at radius 2 is 1.60 bits per heavy atom. The molecule has 3 rings (SSSR count). The molecule has 0 aromatic heterocycles. The maximum Gasteiger partial charge on any atom is 0.0205 e. The van der Waals surface area contributed by atoms with Crippen LogP contribution >= 0.6 is 0 Å². The standard InChI is InChI=1S/C19H23N/c1-2-6-16(7-3-1)12-13-20-15-17-10-11-18-8-4-5-9-19(18)14-17/h1-3,6-7,10-11,14,20H,4-5,8-9,12-13,15H2. The maximum atomic E-state index is 3.56. The van der Waals surface area contributed by atoms with Crippen molar-refractivity contribution in [3.63, 3.8) is 0 Å². The first-order valence-electron chi connectivity index (χ1n) is 7.77. The van der Waals surface area contributed by atoms with Gasteiger partial charge in [-0.05, 0) is 60.9 Å². The Kier molecular flexibility index (Phi) is 4.49. The van der Waals surface area contributed by atoms with Gasteiger partial charge in [-0.2, -0.15) is 0 Å². The van der Waals surface area contributed by atoms with E-state index in [1.54, 1.807) is 11.1 Å². The van der Waals surface area contributed by atoms with Crippen molar-refractivity contribution in [1.29, 1.82) is 0 Å². The Morgan fingerprint density at radius 3 is 2.45 bits per heavy atom. The minimum absolute atomic E-state index is 0.986. The van der Waals surface area contributed by atoms with Crippen LogP contribution in [0.1, 0.15) is 35.1 Å². The van der Waals surface area contributed by atoms with E-state index < -0.39 is 0 Å². The van der Waals surface area contributed by atoms with Crippen molar-refractivity contribution < 1.29 is 0 Å². The molecule has 0 radical (unpaired) electrons. The summed E-state index contributed by atoms with van der Waals surface area (Å²) >= 11 is 0. The van der Waals surface area contributed by atoms with E-state index in [9.17, 15) is 0 Å². The molecule has 0 aliphatic heterocycles. The van der Waals surface area contributed by atoms with E-state index in [0.717, 1.165) is 19.5 Å². The van der Waals surface area contributed by atoms with E-state index in [-0.39, 0.29) is 0 Å². The van der Waals surface area contributed by atoms with Crippen LogP contribution in [0.15, 0.2) is 48.5 Å². The van der Waals surface area contributed by atoms with Gasteiger partial charge in [0, 0.05) is 6.54 Å². The molecule has 1 nitrogen and oxygen atoms in total. The van der Waals surface area contributed by atoms with Gasteiger partial charge in [0.25, 0.3) is 0 Å². The molecule has 0 bridgehead atoms. The summed E-state index contributed by atoms with van der Waals surface area (Å²) in [7, 11) is 0. The van der Waals surface area contributed by atoms with Crippen molar-refractivity contribution in [3.8, 4) is 0 Å². The first-order chi connectivity index (χ1) is 9.92. The molecule has 20 heavy (non-hydrogen) atoms. The molecule has 2 aromatic carbocycles. The van der Waals surface area contributed by atoms with E-state index in [0.29, 0.717) is 0 Å². The quantitative estimate of drug-likeness (QED) is 0.809. The Hall–Kier alpha value is -1.60. The zero-order chi connectivity index (χ0) is 13.6. The van der Waals surface area contributed by atoms with Gasteiger partial charge in [-0.1, -0.05) is 48.5 Å². The largest absolute Gasteiger partial charge is 0.312 e. The topological polar surface area (TPSA) is 12.0 Å². The summed E-state index contributed by atoms with van der Waals surface area (Å²) in [5.74, 6) is 0. The number of hydrogen-bond acceptors (Lipinski definition) is 1. The van der Waals surface area contributed by atoms with Crippen LogP contribution < -0.4 is 5.32 Å². The maximum absolute atomic E-state index is 3.56. The molecule has 0 atom stereocenters. The highest BCUT2D eigenvalue weighted by Gasteiger charge is 2.08. The molecule has 0 fully saturated rings. The lowest BCUT2D eigenvalue weighted by atomic mass is 9.90. The Balaban J connectivity index is 1.49. The van der Waals surface area contributed by atoms with E-state index in [2.05, 4.69) is 53.8 Å². The normalized spacial score (nSPS) is 14.0. The number of nitrogens with one attached hydrogen (secondary N) is 1. The Labute approximate surface area is 122 Å². The van der Waals surface area contributed by atoms with Crippen LogP contribution in [0.5, 0.6) is 0 Å². The smallest absolute Gasteiger partial charge is 0.0205 e. The zero-order valence-corrected chi connectivity index (χ0v) is 12.1. The second-order valence-electron chi connectivity index (χ2n) is 5.72. The highest BCUT2D eigenvalue weighted by molar-refractivity contribution is 5.33. The van der Waals surface area contributed by atoms with Crippen molar-refractivity contribution in [3.05, 3.63) is 70.8 Å². The van der Waals surface area contributed by atoms with Gasteiger partial charge in [0.2, 0.25) is 0 Å². The highest BCUT2D eigenvalue weighted by atomic mass is 14.8. The first kappa shape index (κ1) is 13.4. The van der Waals surface area contributed by atoms with Gasteiger partial charge < -0.3 is 5.32 Å². The van der Waals surface area contributed by atoms with Crippen LogP contribution in [0, 0.1) is 0 Å². The van der Waals surface area contributed by atoms with Gasteiger partial charge in [0.05, 0.1) is 0 Å². The molecule has 0 heterocycles. The van der Waals surface area contributed by atoms with Crippen molar-refractivity contribution in [2.24, 2.45) is 0 Å². The van der Waals surface area contributed by atoms with E-state index in [1.807, 2.05) is 0 Å². The van der Waals surface area contributed by atoms with E-state index in [1.165, 1.54) is 36.8 Å². The first-order valence-corrected chi connectivity index (χ1v) is 7.77. The van der Waals surface area contributed by atoms with Crippen molar-refractivity contribution in [1.82, 2.24) is 5.32 Å². The highest BCUT2D eigenvalue weighted by Crippen LogP contribution is 2.22. The lowest BCUT2D eigenvalue weighted by Gasteiger charge is -2.16. The zero-order valence-electron chi connectivity index (χ0n) is 12.1. The molecule has 0 amide bonds. The number of fused-ring (bicyclic) bond motifs is 1. The summed E-state index contributed by atoms with van der Waals surface area (Å²) in [5, 5.41) is 3.56. The third-order valence-electron chi connectivity index (χ3n) is 4.18. The van der Waals surface area contributed by atoms with Crippen LogP contribution in [0.3, 0.4) is 0 Å². The average Bonchev–Trinajstić information content (AvgIpc) is 2.52. The Bertz CT molecular complexity index is 545. The molecule has 0 saturated heterocycles. The van der Waals surface area contributed by atoms with Crippen LogP contribution in [-0.4, -0.2) is 6.54 Å². The molecule has 0 saturated carbocycles. The minimum Gasteiger partial charge on any atom is -0.312 e. The number of benzene rings is 2. The van der Waals surface area contributed by atoms with Crippen molar-refractivity contribution in [2.45, 2.75) is 38.6 Å². The molecular formula is C19H23N. The Morgan fingerprint density at radius 1 is 0.800 bits per heavy atom. The van der Waals surface area contributed by atoms with Gasteiger partial charge in [-0.3, -0.25) is 0 Å². The van der Waals surface area contributed by atoms with Crippen LogP contribution in [0.4, 0.5) is 0 Å². The summed E-state index contributed by atoms with van der Waals surface area (Å²) < 4.78 is 0.